The van der Waals surface area contributed by atoms with E-state index in [9.17, 15) is 0 Å². The van der Waals surface area contributed by atoms with Crippen molar-refractivity contribution >= 4 is 0 Å². The first-order valence-corrected chi connectivity index (χ1v) is 7.69. The molecule has 0 heterocycles. The number of hydrogen-bond donors (Lipinski definition) is 1. The van der Waals surface area contributed by atoms with Gasteiger partial charge in [0.2, 0.25) is 0 Å². The summed E-state index contributed by atoms with van der Waals surface area (Å²) in [6.45, 7) is 7.06. The summed E-state index contributed by atoms with van der Waals surface area (Å²) in [4.78, 5) is 2.61. The summed E-state index contributed by atoms with van der Waals surface area (Å²) in [5.41, 5.74) is 8.63. The first kappa shape index (κ1) is 15.5. The van der Waals surface area contributed by atoms with Crippen LogP contribution >= 0.6 is 0 Å². The number of ether oxygens (including phenoxy) is 1. The fourth-order valence-electron chi connectivity index (χ4n) is 2.82. The van der Waals surface area contributed by atoms with E-state index < -0.39 is 0 Å². The molecule has 3 heteroatoms. The second-order valence-corrected chi connectivity index (χ2v) is 6.25. The van der Waals surface area contributed by atoms with Gasteiger partial charge < -0.3 is 10.5 Å². The third kappa shape index (κ3) is 4.05. The summed E-state index contributed by atoms with van der Waals surface area (Å²) < 4.78 is 5.17. The highest BCUT2D eigenvalue weighted by Crippen LogP contribution is 2.34. The Bertz CT molecular complexity index is 398. The van der Waals surface area contributed by atoms with E-state index in [4.69, 9.17) is 10.5 Å². The van der Waals surface area contributed by atoms with Gasteiger partial charge in [0.05, 0.1) is 6.61 Å². The number of nitrogens with two attached hydrogens (primary N) is 1. The molecule has 0 radical (unpaired) electrons. The molecule has 0 amide bonds. The molecule has 1 unspecified atom stereocenters. The number of benzene rings is 1. The minimum absolute atomic E-state index is 0.349. The maximum absolute atomic E-state index is 6.08. The van der Waals surface area contributed by atoms with Crippen molar-refractivity contribution in [2.75, 3.05) is 20.2 Å². The molecule has 2 N–H and O–H groups in total. The molecular formula is C17H28N2O. The monoisotopic (exact) mass is 276 g/mol. The van der Waals surface area contributed by atoms with Crippen molar-refractivity contribution < 1.29 is 4.74 Å². The van der Waals surface area contributed by atoms with Gasteiger partial charge >= 0.3 is 0 Å². The Hall–Kier alpha value is -0.900. The molecule has 1 aromatic carbocycles. The lowest BCUT2D eigenvalue weighted by atomic mass is 10.0. The maximum Gasteiger partial charge on any atom is 0.0713 e. The van der Waals surface area contributed by atoms with Gasteiger partial charge in [0.1, 0.15) is 0 Å². The van der Waals surface area contributed by atoms with Crippen LogP contribution in [0.5, 0.6) is 0 Å². The largest absolute Gasteiger partial charge is 0.380 e. The fourth-order valence-corrected chi connectivity index (χ4v) is 2.82. The van der Waals surface area contributed by atoms with Crippen LogP contribution < -0.4 is 5.73 Å². The second kappa shape index (κ2) is 7.21. The van der Waals surface area contributed by atoms with Crippen LogP contribution in [0, 0.1) is 5.92 Å². The summed E-state index contributed by atoms with van der Waals surface area (Å²) in [5, 5.41) is 0. The third-order valence-corrected chi connectivity index (χ3v) is 3.89. The molecule has 0 bridgehead atoms. The molecule has 2 rings (SSSR count). The Labute approximate surface area is 123 Å². The van der Waals surface area contributed by atoms with E-state index in [0.29, 0.717) is 25.1 Å². The Balaban J connectivity index is 2.12. The van der Waals surface area contributed by atoms with Crippen LogP contribution in [-0.4, -0.2) is 31.1 Å². The predicted molar refractivity (Wildman–Crippen MR) is 83.5 cm³/mol. The van der Waals surface area contributed by atoms with Gasteiger partial charge in [-0.15, -0.1) is 0 Å². The van der Waals surface area contributed by atoms with E-state index in [-0.39, 0.29) is 0 Å². The van der Waals surface area contributed by atoms with Crippen molar-refractivity contribution in [2.24, 2.45) is 11.7 Å². The Morgan fingerprint density at radius 2 is 1.90 bits per heavy atom. The standard InChI is InChI=1S/C17H28N2O/c1-13(2)11-19(16-8-9-16)17(10-18)15-6-4-14(5-7-15)12-20-3/h4-7,13,16-17H,8-12,18H2,1-3H3. The molecule has 3 nitrogen and oxygen atoms in total. The topological polar surface area (TPSA) is 38.5 Å². The van der Waals surface area contributed by atoms with Crippen molar-refractivity contribution in [2.45, 2.75) is 45.4 Å². The molecule has 1 atom stereocenters. The van der Waals surface area contributed by atoms with E-state index in [1.54, 1.807) is 7.11 Å². The summed E-state index contributed by atoms with van der Waals surface area (Å²) in [6, 6.07) is 9.82. The Morgan fingerprint density at radius 1 is 1.25 bits per heavy atom. The van der Waals surface area contributed by atoms with Crippen molar-refractivity contribution in [3.8, 4) is 0 Å². The summed E-state index contributed by atoms with van der Waals surface area (Å²) in [7, 11) is 1.73. The Kier molecular flexibility index (Phi) is 5.58. The summed E-state index contributed by atoms with van der Waals surface area (Å²) in [5.74, 6) is 0.678. The normalized spacial score (nSPS) is 16.9. The molecule has 0 saturated heterocycles. The molecule has 20 heavy (non-hydrogen) atoms. The van der Waals surface area contributed by atoms with Gasteiger partial charge in [0.25, 0.3) is 0 Å². The zero-order valence-electron chi connectivity index (χ0n) is 13.0. The molecule has 1 aliphatic carbocycles. The lowest BCUT2D eigenvalue weighted by Crippen LogP contribution is -2.38. The average molecular weight is 276 g/mol. The maximum atomic E-state index is 6.08. The highest BCUT2D eigenvalue weighted by atomic mass is 16.5. The van der Waals surface area contributed by atoms with Crippen LogP contribution in [0.3, 0.4) is 0 Å². The van der Waals surface area contributed by atoms with Gasteiger partial charge in [-0.2, -0.15) is 0 Å². The van der Waals surface area contributed by atoms with Crippen molar-refractivity contribution in [3.05, 3.63) is 35.4 Å². The quantitative estimate of drug-likeness (QED) is 0.793. The van der Waals surface area contributed by atoms with Crippen LogP contribution in [0.1, 0.15) is 43.9 Å². The molecule has 1 saturated carbocycles. The summed E-state index contributed by atoms with van der Waals surface area (Å²) >= 11 is 0. The molecule has 1 aromatic rings. The average Bonchev–Trinajstić information content (AvgIpc) is 3.24. The number of rotatable bonds is 8. The van der Waals surface area contributed by atoms with Crippen molar-refractivity contribution in [3.63, 3.8) is 0 Å². The molecule has 0 spiro atoms. The van der Waals surface area contributed by atoms with Gasteiger partial charge in [-0.05, 0) is 29.9 Å². The number of hydrogen-bond acceptors (Lipinski definition) is 3. The van der Waals surface area contributed by atoms with Gasteiger partial charge in [-0.25, -0.2) is 0 Å². The molecule has 0 aliphatic heterocycles. The zero-order valence-corrected chi connectivity index (χ0v) is 13.0. The number of nitrogens with zero attached hydrogens (tertiary/aromatic N) is 1. The molecule has 1 fully saturated rings. The second-order valence-electron chi connectivity index (χ2n) is 6.25. The molecule has 0 aromatic heterocycles. The zero-order chi connectivity index (χ0) is 14.5. The first-order valence-electron chi connectivity index (χ1n) is 7.69. The predicted octanol–water partition coefficient (Wildman–Crippen LogP) is 2.95. The number of methoxy groups -OCH3 is 1. The van der Waals surface area contributed by atoms with Crippen LogP contribution in [-0.2, 0) is 11.3 Å². The minimum Gasteiger partial charge on any atom is -0.380 e. The Morgan fingerprint density at radius 3 is 2.35 bits per heavy atom. The van der Waals surface area contributed by atoms with E-state index in [1.807, 2.05) is 0 Å². The van der Waals surface area contributed by atoms with Gasteiger partial charge in [-0.1, -0.05) is 38.1 Å². The smallest absolute Gasteiger partial charge is 0.0713 e. The van der Waals surface area contributed by atoms with Gasteiger partial charge in [0, 0.05) is 32.3 Å². The highest BCUT2D eigenvalue weighted by Gasteiger charge is 2.34. The van der Waals surface area contributed by atoms with Crippen LogP contribution in [0.15, 0.2) is 24.3 Å². The SMILES string of the molecule is COCc1ccc(C(CN)N(CC(C)C)C2CC2)cc1. The van der Waals surface area contributed by atoms with Crippen molar-refractivity contribution in [1.29, 1.82) is 0 Å². The lowest BCUT2D eigenvalue weighted by molar-refractivity contribution is 0.169. The minimum atomic E-state index is 0.349. The lowest BCUT2D eigenvalue weighted by Gasteiger charge is -2.33. The fraction of sp³-hybridized carbons (Fsp3) is 0.647. The van der Waals surface area contributed by atoms with E-state index >= 15 is 0 Å². The van der Waals surface area contributed by atoms with Crippen LogP contribution in [0.4, 0.5) is 0 Å². The van der Waals surface area contributed by atoms with E-state index in [1.165, 1.54) is 24.0 Å². The summed E-state index contributed by atoms with van der Waals surface area (Å²) in [6.07, 6.45) is 2.65. The van der Waals surface area contributed by atoms with Crippen LogP contribution in [0.25, 0.3) is 0 Å². The van der Waals surface area contributed by atoms with E-state index in [0.717, 1.165) is 12.6 Å². The third-order valence-electron chi connectivity index (χ3n) is 3.89. The molecular weight excluding hydrogens is 248 g/mol. The first-order chi connectivity index (χ1) is 9.65. The van der Waals surface area contributed by atoms with Gasteiger partial charge in [-0.3, -0.25) is 4.90 Å². The molecule has 112 valence electrons. The van der Waals surface area contributed by atoms with Crippen molar-refractivity contribution in [1.82, 2.24) is 4.90 Å². The van der Waals surface area contributed by atoms with Crippen LogP contribution in [0.2, 0.25) is 0 Å². The van der Waals surface area contributed by atoms with E-state index in [2.05, 4.69) is 43.0 Å². The van der Waals surface area contributed by atoms with Gasteiger partial charge in [0.15, 0.2) is 0 Å². The molecule has 1 aliphatic rings. The highest BCUT2D eigenvalue weighted by molar-refractivity contribution is 5.25.